The highest BCUT2D eigenvalue weighted by atomic mass is 19.2. The SMILES string of the molecule is CCCC(c1ccc(C=NOCc2c(F)c(F)c(F)c(F)c2F)cc1)n1ccnc1. The van der Waals surface area contributed by atoms with Gasteiger partial charge < -0.3 is 9.40 Å². The first-order chi connectivity index (χ1) is 14.4. The van der Waals surface area contributed by atoms with Crippen LogP contribution in [0.15, 0.2) is 48.1 Å². The normalized spacial score (nSPS) is 12.5. The third-order valence-corrected chi connectivity index (χ3v) is 4.55. The lowest BCUT2D eigenvalue weighted by Gasteiger charge is -2.18. The van der Waals surface area contributed by atoms with Gasteiger partial charge in [-0.3, -0.25) is 0 Å². The quantitative estimate of drug-likeness (QED) is 0.157. The van der Waals surface area contributed by atoms with E-state index in [9.17, 15) is 22.0 Å². The molecule has 30 heavy (non-hydrogen) atoms. The second-order valence-corrected chi connectivity index (χ2v) is 6.54. The fraction of sp³-hybridized carbons (Fsp3) is 0.238. The van der Waals surface area contributed by atoms with Crippen molar-refractivity contribution >= 4 is 6.21 Å². The van der Waals surface area contributed by atoms with Gasteiger partial charge in [0.2, 0.25) is 5.82 Å². The molecule has 3 aromatic rings. The van der Waals surface area contributed by atoms with Crippen LogP contribution in [0.3, 0.4) is 0 Å². The van der Waals surface area contributed by atoms with Crippen molar-refractivity contribution in [2.45, 2.75) is 32.4 Å². The van der Waals surface area contributed by atoms with Gasteiger partial charge in [-0.25, -0.2) is 26.9 Å². The number of aromatic nitrogens is 2. The first kappa shape index (κ1) is 21.5. The molecule has 0 aliphatic rings. The van der Waals surface area contributed by atoms with Gasteiger partial charge in [0.15, 0.2) is 23.3 Å². The first-order valence-electron chi connectivity index (χ1n) is 9.17. The molecule has 9 heteroatoms. The van der Waals surface area contributed by atoms with Crippen LogP contribution in [-0.2, 0) is 11.4 Å². The number of rotatable bonds is 8. The smallest absolute Gasteiger partial charge is 0.200 e. The topological polar surface area (TPSA) is 39.4 Å². The summed E-state index contributed by atoms with van der Waals surface area (Å²) in [6, 6.07) is 7.51. The molecule has 1 unspecified atom stereocenters. The van der Waals surface area contributed by atoms with Crippen molar-refractivity contribution in [2.24, 2.45) is 5.16 Å². The lowest BCUT2D eigenvalue weighted by atomic mass is 10.0. The van der Waals surface area contributed by atoms with Gasteiger partial charge in [-0.05, 0) is 17.5 Å². The minimum Gasteiger partial charge on any atom is -0.391 e. The van der Waals surface area contributed by atoms with Crippen molar-refractivity contribution in [1.29, 1.82) is 0 Å². The zero-order chi connectivity index (χ0) is 21.7. The van der Waals surface area contributed by atoms with Gasteiger partial charge in [0.05, 0.1) is 24.1 Å². The summed E-state index contributed by atoms with van der Waals surface area (Å²) in [7, 11) is 0. The fourth-order valence-electron chi connectivity index (χ4n) is 3.00. The van der Waals surface area contributed by atoms with E-state index in [0.717, 1.165) is 18.4 Å². The molecule has 0 bridgehead atoms. The minimum absolute atomic E-state index is 0.133. The molecule has 3 rings (SSSR count). The predicted molar refractivity (Wildman–Crippen MR) is 100 cm³/mol. The van der Waals surface area contributed by atoms with Gasteiger partial charge in [0.25, 0.3) is 0 Å². The van der Waals surface area contributed by atoms with E-state index in [1.165, 1.54) is 6.21 Å². The highest BCUT2D eigenvalue weighted by Crippen LogP contribution is 2.24. The van der Waals surface area contributed by atoms with Crippen LogP contribution < -0.4 is 0 Å². The van der Waals surface area contributed by atoms with E-state index in [4.69, 9.17) is 4.84 Å². The van der Waals surface area contributed by atoms with Gasteiger partial charge in [0.1, 0.15) is 6.61 Å². The molecule has 158 valence electrons. The summed E-state index contributed by atoms with van der Waals surface area (Å²) in [4.78, 5) is 8.81. The lowest BCUT2D eigenvalue weighted by molar-refractivity contribution is 0.124. The molecule has 1 atom stereocenters. The molecule has 0 saturated carbocycles. The van der Waals surface area contributed by atoms with Crippen molar-refractivity contribution in [1.82, 2.24) is 9.55 Å². The molecular weight excluding hydrogens is 405 g/mol. The van der Waals surface area contributed by atoms with Crippen molar-refractivity contribution in [3.8, 4) is 0 Å². The highest BCUT2D eigenvalue weighted by Gasteiger charge is 2.25. The molecule has 4 nitrogen and oxygen atoms in total. The maximum absolute atomic E-state index is 13.6. The Hall–Kier alpha value is -3.23. The van der Waals surface area contributed by atoms with Crippen molar-refractivity contribution in [3.05, 3.63) is 88.8 Å². The minimum atomic E-state index is -2.21. The van der Waals surface area contributed by atoms with E-state index in [1.807, 2.05) is 22.9 Å². The Kier molecular flexibility index (Phi) is 6.81. The maximum atomic E-state index is 13.6. The van der Waals surface area contributed by atoms with Gasteiger partial charge in [-0.15, -0.1) is 0 Å². The van der Waals surface area contributed by atoms with Gasteiger partial charge in [-0.2, -0.15) is 0 Å². The van der Waals surface area contributed by atoms with Crippen LogP contribution in [0.2, 0.25) is 0 Å². The Morgan fingerprint density at radius 3 is 2.20 bits per heavy atom. The number of oxime groups is 1. The molecule has 2 aromatic carbocycles. The van der Waals surface area contributed by atoms with Crippen molar-refractivity contribution in [3.63, 3.8) is 0 Å². The average Bonchev–Trinajstić information content (AvgIpc) is 3.29. The molecule has 0 radical (unpaired) electrons. The average molecular weight is 423 g/mol. The molecule has 0 fully saturated rings. The second kappa shape index (κ2) is 9.51. The van der Waals surface area contributed by atoms with Crippen molar-refractivity contribution in [2.75, 3.05) is 0 Å². The molecule has 0 saturated heterocycles. The van der Waals surface area contributed by atoms with E-state index in [-0.39, 0.29) is 6.04 Å². The third kappa shape index (κ3) is 4.50. The van der Waals surface area contributed by atoms with Gasteiger partial charge in [-0.1, -0.05) is 42.8 Å². The lowest BCUT2D eigenvalue weighted by Crippen LogP contribution is -2.08. The molecule has 0 aliphatic heterocycles. The van der Waals surface area contributed by atoms with E-state index >= 15 is 0 Å². The number of imidazole rings is 1. The highest BCUT2D eigenvalue weighted by molar-refractivity contribution is 5.79. The zero-order valence-electron chi connectivity index (χ0n) is 16.0. The Bertz CT molecular complexity index is 991. The molecule has 0 N–H and O–H groups in total. The van der Waals surface area contributed by atoms with Crippen LogP contribution in [0.1, 0.15) is 42.5 Å². The standard InChI is InChI=1S/C21H18F5N3O/c1-2-3-16(29-9-8-27-12-29)14-6-4-13(5-7-14)10-28-30-11-15-17(22)19(24)21(26)20(25)18(15)23/h4-10,12,16H,2-3,11H2,1H3. The van der Waals surface area contributed by atoms with E-state index in [1.54, 1.807) is 24.7 Å². The van der Waals surface area contributed by atoms with Gasteiger partial charge >= 0.3 is 0 Å². The van der Waals surface area contributed by atoms with Crippen LogP contribution in [-0.4, -0.2) is 15.8 Å². The van der Waals surface area contributed by atoms with Crippen LogP contribution in [0, 0.1) is 29.1 Å². The molecule has 1 heterocycles. The number of hydrogen-bond donors (Lipinski definition) is 0. The maximum Gasteiger partial charge on any atom is 0.200 e. The number of halogens is 5. The summed E-state index contributed by atoms with van der Waals surface area (Å²) in [6.45, 7) is 1.19. The molecule has 0 amide bonds. The summed E-state index contributed by atoms with van der Waals surface area (Å²) < 4.78 is 68.6. The first-order valence-corrected chi connectivity index (χ1v) is 9.17. The van der Waals surface area contributed by atoms with Crippen molar-refractivity contribution < 1.29 is 26.8 Å². The summed E-state index contributed by atoms with van der Waals surface area (Å²) in [5.41, 5.74) is 0.619. The largest absolute Gasteiger partial charge is 0.391 e. The molecular formula is C21H18F5N3O. The van der Waals surface area contributed by atoms with E-state index in [2.05, 4.69) is 17.1 Å². The van der Waals surface area contributed by atoms with Crippen LogP contribution in [0.5, 0.6) is 0 Å². The molecule has 1 aromatic heterocycles. The summed E-state index contributed by atoms with van der Waals surface area (Å²) in [5.74, 6) is -10.1. The summed E-state index contributed by atoms with van der Waals surface area (Å²) >= 11 is 0. The Morgan fingerprint density at radius 1 is 1.00 bits per heavy atom. The second-order valence-electron chi connectivity index (χ2n) is 6.54. The summed E-state index contributed by atoms with van der Waals surface area (Å²) in [6.07, 6.45) is 8.55. The monoisotopic (exact) mass is 423 g/mol. The van der Waals surface area contributed by atoms with Gasteiger partial charge in [0, 0.05) is 12.4 Å². The van der Waals surface area contributed by atoms with Crippen LogP contribution in [0.4, 0.5) is 22.0 Å². The molecule has 0 spiro atoms. The predicted octanol–water partition coefficient (Wildman–Crippen LogP) is 5.52. The fourth-order valence-corrected chi connectivity index (χ4v) is 3.00. The van der Waals surface area contributed by atoms with E-state index < -0.39 is 41.3 Å². The Balaban J connectivity index is 1.67. The number of nitrogens with zero attached hydrogens (tertiary/aromatic N) is 3. The Morgan fingerprint density at radius 2 is 1.63 bits per heavy atom. The van der Waals surface area contributed by atoms with Crippen LogP contribution in [0.25, 0.3) is 0 Å². The molecule has 0 aliphatic carbocycles. The van der Waals surface area contributed by atoms with Crippen LogP contribution >= 0.6 is 0 Å². The summed E-state index contributed by atoms with van der Waals surface area (Å²) in [5, 5.41) is 3.55. The zero-order valence-corrected chi connectivity index (χ0v) is 16.0. The number of hydrogen-bond acceptors (Lipinski definition) is 3. The third-order valence-electron chi connectivity index (χ3n) is 4.55. The Labute approximate surface area is 169 Å². The number of benzene rings is 2. The van der Waals surface area contributed by atoms with E-state index in [0.29, 0.717) is 5.56 Å².